The standard InChI is InChI=1S/C22H21N5OS/c1-14-25-21-19(29-14)4-2-3-18-20(21)17(11-24-18)22(28)26-16-7-5-15(6-8-16)12-27-10-9-23-13-27/h5-11,13,24H,2-4,12H2,1H3,(H,26,28). The largest absolute Gasteiger partial charge is 0.364 e. The van der Waals surface area contributed by atoms with E-state index in [1.807, 2.05) is 48.1 Å². The first-order valence-corrected chi connectivity index (χ1v) is 10.5. The molecule has 0 radical (unpaired) electrons. The number of rotatable bonds is 4. The molecule has 1 amide bonds. The molecule has 0 fully saturated rings. The summed E-state index contributed by atoms with van der Waals surface area (Å²) >= 11 is 1.73. The number of carbonyl (C=O) groups is 1. The van der Waals surface area contributed by atoms with Gasteiger partial charge in [-0.2, -0.15) is 0 Å². The number of fused-ring (bicyclic) bond motifs is 3. The van der Waals surface area contributed by atoms with Gasteiger partial charge in [-0.3, -0.25) is 4.79 Å². The Labute approximate surface area is 172 Å². The van der Waals surface area contributed by atoms with Crippen molar-refractivity contribution in [2.75, 3.05) is 5.32 Å². The smallest absolute Gasteiger partial charge is 0.257 e. The molecule has 3 aromatic heterocycles. The molecule has 0 unspecified atom stereocenters. The summed E-state index contributed by atoms with van der Waals surface area (Å²) in [5, 5.41) is 4.08. The van der Waals surface area contributed by atoms with Crippen LogP contribution in [-0.2, 0) is 19.4 Å². The number of imidazole rings is 1. The number of aryl methyl sites for hydroxylation is 3. The summed E-state index contributed by atoms with van der Waals surface area (Å²) in [5.41, 5.74) is 5.64. The van der Waals surface area contributed by atoms with Crippen molar-refractivity contribution in [1.82, 2.24) is 19.5 Å². The lowest BCUT2D eigenvalue weighted by Crippen LogP contribution is -2.12. The van der Waals surface area contributed by atoms with E-state index >= 15 is 0 Å². The van der Waals surface area contributed by atoms with Gasteiger partial charge in [-0.25, -0.2) is 9.97 Å². The molecule has 6 nitrogen and oxygen atoms in total. The molecule has 1 aromatic carbocycles. The highest BCUT2D eigenvalue weighted by molar-refractivity contribution is 7.12. The number of benzene rings is 1. The number of thiazole rings is 1. The van der Waals surface area contributed by atoms with Crippen molar-refractivity contribution in [1.29, 1.82) is 0 Å². The van der Waals surface area contributed by atoms with Gasteiger partial charge in [0.1, 0.15) is 0 Å². The first kappa shape index (κ1) is 17.9. The Bertz CT molecular complexity index is 1150. The van der Waals surface area contributed by atoms with E-state index in [0.717, 1.165) is 59.0 Å². The van der Waals surface area contributed by atoms with E-state index in [9.17, 15) is 4.79 Å². The van der Waals surface area contributed by atoms with E-state index in [-0.39, 0.29) is 5.91 Å². The molecule has 0 saturated carbocycles. The van der Waals surface area contributed by atoms with Crippen LogP contribution in [0, 0.1) is 6.92 Å². The van der Waals surface area contributed by atoms with Crippen molar-refractivity contribution >= 4 is 22.9 Å². The number of aromatic amines is 1. The molecule has 1 aliphatic rings. The lowest BCUT2D eigenvalue weighted by atomic mass is 10.1. The van der Waals surface area contributed by atoms with Crippen molar-refractivity contribution in [2.45, 2.75) is 32.7 Å². The second kappa shape index (κ2) is 7.33. The molecule has 4 aromatic rings. The first-order valence-electron chi connectivity index (χ1n) is 9.70. The van der Waals surface area contributed by atoms with E-state index in [1.54, 1.807) is 23.9 Å². The monoisotopic (exact) mass is 403 g/mol. The normalized spacial score (nSPS) is 12.9. The average molecular weight is 404 g/mol. The van der Waals surface area contributed by atoms with Crippen LogP contribution in [0.2, 0.25) is 0 Å². The van der Waals surface area contributed by atoms with Crippen LogP contribution in [0.5, 0.6) is 0 Å². The maximum atomic E-state index is 13.0. The zero-order chi connectivity index (χ0) is 19.8. The first-order chi connectivity index (χ1) is 14.2. The Morgan fingerprint density at radius 2 is 2.14 bits per heavy atom. The molecule has 2 N–H and O–H groups in total. The molecular formula is C22H21N5OS. The topological polar surface area (TPSA) is 75.6 Å². The Morgan fingerprint density at radius 3 is 2.93 bits per heavy atom. The van der Waals surface area contributed by atoms with E-state index in [4.69, 9.17) is 4.98 Å². The van der Waals surface area contributed by atoms with Crippen LogP contribution in [-0.4, -0.2) is 25.4 Å². The van der Waals surface area contributed by atoms with Gasteiger partial charge in [-0.1, -0.05) is 12.1 Å². The Morgan fingerprint density at radius 1 is 1.28 bits per heavy atom. The van der Waals surface area contributed by atoms with Crippen molar-refractivity contribution in [3.05, 3.63) is 75.9 Å². The van der Waals surface area contributed by atoms with Gasteiger partial charge in [0.2, 0.25) is 0 Å². The average Bonchev–Trinajstić information content (AvgIpc) is 3.42. The minimum atomic E-state index is -0.108. The Kier molecular flexibility index (Phi) is 4.52. The number of amides is 1. The molecule has 0 aliphatic heterocycles. The summed E-state index contributed by atoms with van der Waals surface area (Å²) in [6.45, 7) is 2.78. The molecule has 0 saturated heterocycles. The highest BCUT2D eigenvalue weighted by Crippen LogP contribution is 2.37. The third kappa shape index (κ3) is 3.49. The second-order valence-corrected chi connectivity index (χ2v) is 8.59. The summed E-state index contributed by atoms with van der Waals surface area (Å²) < 4.78 is 2.01. The highest BCUT2D eigenvalue weighted by Gasteiger charge is 2.25. The van der Waals surface area contributed by atoms with Gasteiger partial charge in [0.15, 0.2) is 0 Å². The minimum Gasteiger partial charge on any atom is -0.364 e. The lowest BCUT2D eigenvalue weighted by Gasteiger charge is -2.08. The molecule has 29 heavy (non-hydrogen) atoms. The van der Waals surface area contributed by atoms with Gasteiger partial charge in [0, 0.05) is 47.0 Å². The summed E-state index contributed by atoms with van der Waals surface area (Å²) in [4.78, 5) is 26.4. The molecule has 1 aliphatic carbocycles. The number of nitrogens with zero attached hydrogens (tertiary/aromatic N) is 3. The number of hydrogen-bond donors (Lipinski definition) is 2. The molecule has 7 heteroatoms. The number of aromatic nitrogens is 4. The van der Waals surface area contributed by atoms with E-state index in [1.165, 1.54) is 4.88 Å². The van der Waals surface area contributed by atoms with Crippen LogP contribution in [0.25, 0.3) is 11.3 Å². The predicted molar refractivity (Wildman–Crippen MR) is 114 cm³/mol. The van der Waals surface area contributed by atoms with Gasteiger partial charge < -0.3 is 14.9 Å². The third-order valence-electron chi connectivity index (χ3n) is 5.21. The Balaban J connectivity index is 1.38. The molecule has 5 rings (SSSR count). The number of hydrogen-bond acceptors (Lipinski definition) is 4. The highest BCUT2D eigenvalue weighted by atomic mass is 32.1. The van der Waals surface area contributed by atoms with Crippen LogP contribution in [0.1, 0.15) is 37.9 Å². The number of H-pyrrole nitrogens is 1. The van der Waals surface area contributed by atoms with Crippen LogP contribution in [0.15, 0.2) is 49.2 Å². The lowest BCUT2D eigenvalue weighted by molar-refractivity contribution is 0.102. The molecule has 0 atom stereocenters. The molecule has 3 heterocycles. The van der Waals surface area contributed by atoms with Gasteiger partial charge in [0.25, 0.3) is 5.91 Å². The quantitative estimate of drug-likeness (QED) is 0.529. The van der Waals surface area contributed by atoms with Crippen LogP contribution >= 0.6 is 11.3 Å². The van der Waals surface area contributed by atoms with Crippen LogP contribution in [0.4, 0.5) is 5.69 Å². The zero-order valence-electron chi connectivity index (χ0n) is 16.1. The number of anilines is 1. The second-order valence-electron chi connectivity index (χ2n) is 7.30. The van der Waals surface area contributed by atoms with E-state index in [2.05, 4.69) is 15.3 Å². The summed E-state index contributed by atoms with van der Waals surface area (Å²) in [6.07, 6.45) is 10.3. The molecular weight excluding hydrogens is 382 g/mol. The van der Waals surface area contributed by atoms with Crippen molar-refractivity contribution < 1.29 is 4.79 Å². The summed E-state index contributed by atoms with van der Waals surface area (Å²) in [7, 11) is 0. The van der Waals surface area contributed by atoms with Crippen LogP contribution in [0.3, 0.4) is 0 Å². The minimum absolute atomic E-state index is 0.108. The fraction of sp³-hybridized carbons (Fsp3) is 0.227. The van der Waals surface area contributed by atoms with Gasteiger partial charge in [0.05, 0.1) is 22.6 Å². The number of nitrogens with one attached hydrogen (secondary N) is 2. The maximum absolute atomic E-state index is 13.0. The van der Waals surface area contributed by atoms with E-state index in [0.29, 0.717) is 5.56 Å². The SMILES string of the molecule is Cc1nc2c(s1)CCCc1[nH]cc(C(=O)Nc3ccc(Cn4ccnc4)cc3)c1-2. The Hall–Kier alpha value is -3.19. The zero-order valence-corrected chi connectivity index (χ0v) is 16.9. The van der Waals surface area contributed by atoms with E-state index < -0.39 is 0 Å². The maximum Gasteiger partial charge on any atom is 0.257 e. The fourth-order valence-electron chi connectivity index (χ4n) is 3.86. The van der Waals surface area contributed by atoms with Gasteiger partial charge >= 0.3 is 0 Å². The summed E-state index contributed by atoms with van der Waals surface area (Å²) in [5.74, 6) is -0.108. The van der Waals surface area contributed by atoms with Crippen molar-refractivity contribution in [3.8, 4) is 11.3 Å². The van der Waals surface area contributed by atoms with Gasteiger partial charge in [-0.05, 0) is 43.9 Å². The molecule has 0 bridgehead atoms. The number of carbonyl (C=O) groups excluding carboxylic acids is 1. The third-order valence-corrected chi connectivity index (χ3v) is 6.24. The molecule has 0 spiro atoms. The summed E-state index contributed by atoms with van der Waals surface area (Å²) in [6, 6.07) is 7.92. The van der Waals surface area contributed by atoms with Crippen molar-refractivity contribution in [3.63, 3.8) is 0 Å². The van der Waals surface area contributed by atoms with Crippen molar-refractivity contribution in [2.24, 2.45) is 0 Å². The van der Waals surface area contributed by atoms with Crippen LogP contribution < -0.4 is 5.32 Å². The predicted octanol–water partition coefficient (Wildman–Crippen LogP) is 4.43. The fourth-order valence-corrected chi connectivity index (χ4v) is 4.84. The van der Waals surface area contributed by atoms with Gasteiger partial charge in [-0.15, -0.1) is 11.3 Å². The molecule has 146 valence electrons.